The van der Waals surface area contributed by atoms with Gasteiger partial charge < -0.3 is 4.57 Å². The number of rotatable bonds is 5. The molecule has 10 rings (SSSR count). The van der Waals surface area contributed by atoms with Crippen LogP contribution >= 0.6 is 7.14 Å². The zero-order valence-electron chi connectivity index (χ0n) is 27.6. The molecular formula is C47H31N2OP. The Kier molecular flexibility index (Phi) is 6.77. The summed E-state index contributed by atoms with van der Waals surface area (Å²) in [7, 11) is -3.22. The van der Waals surface area contributed by atoms with Crippen LogP contribution in [0.4, 0.5) is 0 Å². The first-order chi connectivity index (χ1) is 25.1. The lowest BCUT2D eigenvalue weighted by atomic mass is 10.00. The van der Waals surface area contributed by atoms with Crippen molar-refractivity contribution in [2.45, 2.75) is 0 Å². The molecule has 0 saturated heterocycles. The van der Waals surface area contributed by atoms with E-state index in [1.165, 1.54) is 21.9 Å². The van der Waals surface area contributed by atoms with Gasteiger partial charge in [-0.1, -0.05) is 158 Å². The maximum atomic E-state index is 15.6. The van der Waals surface area contributed by atoms with E-state index in [9.17, 15) is 0 Å². The van der Waals surface area contributed by atoms with Crippen LogP contribution in [0.1, 0.15) is 0 Å². The third kappa shape index (κ3) is 4.74. The van der Waals surface area contributed by atoms with Gasteiger partial charge in [-0.2, -0.15) is 0 Å². The molecular weight excluding hydrogens is 640 g/mol. The van der Waals surface area contributed by atoms with Gasteiger partial charge in [-0.25, -0.2) is 4.98 Å². The van der Waals surface area contributed by atoms with Gasteiger partial charge in [0.25, 0.3) is 0 Å². The van der Waals surface area contributed by atoms with Gasteiger partial charge in [0.15, 0.2) is 7.14 Å². The van der Waals surface area contributed by atoms with Crippen LogP contribution in [-0.4, -0.2) is 9.38 Å². The molecule has 51 heavy (non-hydrogen) atoms. The fraction of sp³-hybridized carbons (Fsp3) is 0. The van der Waals surface area contributed by atoms with Crippen LogP contribution in [-0.2, 0) is 4.57 Å². The van der Waals surface area contributed by atoms with Gasteiger partial charge in [0, 0.05) is 26.7 Å². The van der Waals surface area contributed by atoms with Gasteiger partial charge in [0.2, 0.25) is 0 Å². The van der Waals surface area contributed by atoms with E-state index in [4.69, 9.17) is 4.98 Å². The van der Waals surface area contributed by atoms with Gasteiger partial charge in [0.1, 0.15) is 5.65 Å². The molecule has 0 saturated carbocycles. The molecule has 0 aliphatic carbocycles. The molecule has 3 nitrogen and oxygen atoms in total. The van der Waals surface area contributed by atoms with Crippen LogP contribution in [0.15, 0.2) is 188 Å². The summed E-state index contributed by atoms with van der Waals surface area (Å²) >= 11 is 0. The van der Waals surface area contributed by atoms with Gasteiger partial charge in [-0.3, -0.25) is 4.40 Å². The van der Waals surface area contributed by atoms with E-state index < -0.39 is 7.14 Å². The molecule has 0 unspecified atom stereocenters. The van der Waals surface area contributed by atoms with Crippen molar-refractivity contribution in [2.75, 3.05) is 0 Å². The predicted molar refractivity (Wildman–Crippen MR) is 215 cm³/mol. The Morgan fingerprint density at radius 3 is 1.57 bits per heavy atom. The molecule has 10 aromatic rings. The minimum atomic E-state index is -3.22. The van der Waals surface area contributed by atoms with Crippen molar-refractivity contribution < 1.29 is 4.57 Å². The molecule has 0 N–H and O–H groups in total. The summed E-state index contributed by atoms with van der Waals surface area (Å²) in [6.07, 6.45) is 0. The molecule has 0 atom stereocenters. The third-order valence-corrected chi connectivity index (χ3v) is 13.3. The van der Waals surface area contributed by atoms with Crippen molar-refractivity contribution >= 4 is 72.2 Å². The lowest BCUT2D eigenvalue weighted by Gasteiger charge is -2.21. The van der Waals surface area contributed by atoms with E-state index in [0.29, 0.717) is 0 Å². The summed E-state index contributed by atoms with van der Waals surface area (Å²) < 4.78 is 17.9. The number of fused-ring (bicyclic) bond motifs is 9. The van der Waals surface area contributed by atoms with E-state index in [1.54, 1.807) is 0 Å². The van der Waals surface area contributed by atoms with E-state index in [0.717, 1.165) is 65.4 Å². The summed E-state index contributed by atoms with van der Waals surface area (Å²) in [5, 5.41) is 8.09. The molecule has 0 amide bonds. The van der Waals surface area contributed by atoms with Crippen molar-refractivity contribution in [2.24, 2.45) is 0 Å². The van der Waals surface area contributed by atoms with E-state index in [1.807, 2.05) is 66.7 Å². The zero-order valence-corrected chi connectivity index (χ0v) is 28.5. The largest absolute Gasteiger partial charge is 0.309 e. The van der Waals surface area contributed by atoms with Gasteiger partial charge in [0.05, 0.1) is 16.6 Å². The molecule has 0 radical (unpaired) electrons. The number of hydrogen-bond acceptors (Lipinski definition) is 2. The summed E-state index contributed by atoms with van der Waals surface area (Å²) in [5.74, 6) is 0. The average molecular weight is 671 g/mol. The minimum Gasteiger partial charge on any atom is -0.309 e. The second kappa shape index (κ2) is 11.7. The first-order valence-electron chi connectivity index (χ1n) is 17.2. The Hall–Kier alpha value is -6.28. The van der Waals surface area contributed by atoms with E-state index in [-0.39, 0.29) is 0 Å². The SMILES string of the molecule is O=P(c1ccccc1)(c1ccccc1)c1ccc2c3cc4ccccc4cc3c3nc4ccc(-c5ccc(-c6ccccc6)cc5)cc4n3c2c1. The second-order valence-electron chi connectivity index (χ2n) is 13.1. The van der Waals surface area contributed by atoms with Crippen molar-refractivity contribution in [1.82, 2.24) is 9.38 Å². The smallest absolute Gasteiger partial charge is 0.171 e. The summed E-state index contributed by atoms with van der Waals surface area (Å²) in [6, 6.07) is 65.0. The lowest BCUT2D eigenvalue weighted by molar-refractivity contribution is 0.592. The Bertz CT molecular complexity index is 2930. The van der Waals surface area contributed by atoms with Crippen LogP contribution in [0.2, 0.25) is 0 Å². The zero-order chi connectivity index (χ0) is 33.9. The second-order valence-corrected chi connectivity index (χ2v) is 15.9. The predicted octanol–water partition coefficient (Wildman–Crippen LogP) is 10.9. The molecule has 4 heteroatoms. The van der Waals surface area contributed by atoms with Gasteiger partial charge >= 0.3 is 0 Å². The summed E-state index contributed by atoms with van der Waals surface area (Å²) in [6.45, 7) is 0. The number of pyridine rings is 1. The lowest BCUT2D eigenvalue weighted by Crippen LogP contribution is -2.25. The molecule has 0 aliphatic rings. The van der Waals surface area contributed by atoms with Gasteiger partial charge in [-0.05, 0) is 68.7 Å². The monoisotopic (exact) mass is 670 g/mol. The number of hydrogen-bond donors (Lipinski definition) is 0. The van der Waals surface area contributed by atoms with Crippen LogP contribution in [0.25, 0.3) is 71.4 Å². The topological polar surface area (TPSA) is 34.4 Å². The molecule has 240 valence electrons. The molecule has 0 fully saturated rings. The Morgan fingerprint density at radius 2 is 0.922 bits per heavy atom. The Balaban J connectivity index is 1.27. The Labute approximate surface area is 295 Å². The molecule has 0 aliphatic heterocycles. The standard InChI is InChI=1S/C47H31N2OP/c50-51(38-16-6-2-7-17-38,39-18-8-3-9-19-39)40-25-26-41-42-28-35-14-10-11-15-36(35)29-43(42)47-48-44-27-24-37(30-46(44)49(47)45(41)31-40)34-22-20-33(21-23-34)32-12-4-1-5-13-32/h1-31H. The molecule has 0 spiro atoms. The number of imidazole rings is 1. The van der Waals surface area contributed by atoms with Crippen LogP contribution in [0.3, 0.4) is 0 Å². The van der Waals surface area contributed by atoms with Crippen molar-refractivity contribution in [3.63, 3.8) is 0 Å². The maximum absolute atomic E-state index is 15.6. The van der Waals surface area contributed by atoms with Crippen molar-refractivity contribution in [3.8, 4) is 22.3 Å². The third-order valence-electron chi connectivity index (χ3n) is 10.2. The van der Waals surface area contributed by atoms with E-state index >= 15 is 4.57 Å². The van der Waals surface area contributed by atoms with Crippen molar-refractivity contribution in [1.29, 1.82) is 0 Å². The normalized spacial score (nSPS) is 12.0. The first kappa shape index (κ1) is 29.6. The first-order valence-corrected chi connectivity index (χ1v) is 18.9. The highest BCUT2D eigenvalue weighted by atomic mass is 31.2. The maximum Gasteiger partial charge on any atom is 0.171 e. The molecule has 2 heterocycles. The fourth-order valence-electron chi connectivity index (χ4n) is 7.66. The average Bonchev–Trinajstić information content (AvgIpc) is 3.60. The van der Waals surface area contributed by atoms with Gasteiger partial charge in [-0.15, -0.1) is 0 Å². The van der Waals surface area contributed by atoms with Crippen LogP contribution in [0.5, 0.6) is 0 Å². The minimum absolute atomic E-state index is 0.795. The van der Waals surface area contributed by atoms with Crippen molar-refractivity contribution in [3.05, 3.63) is 188 Å². The Morgan fingerprint density at radius 1 is 0.392 bits per heavy atom. The number of aromatic nitrogens is 2. The number of nitrogens with zero attached hydrogens (tertiary/aromatic N) is 2. The summed E-state index contributed by atoms with van der Waals surface area (Å²) in [5.41, 5.74) is 8.45. The van der Waals surface area contributed by atoms with E-state index in [2.05, 4.69) is 126 Å². The highest BCUT2D eigenvalue weighted by Crippen LogP contribution is 2.44. The highest BCUT2D eigenvalue weighted by molar-refractivity contribution is 7.85. The molecule has 2 aromatic heterocycles. The molecule has 0 bridgehead atoms. The fourth-order valence-corrected chi connectivity index (χ4v) is 10.3. The van der Waals surface area contributed by atoms with Crippen LogP contribution in [0, 0.1) is 0 Å². The number of benzene rings is 8. The summed E-state index contributed by atoms with van der Waals surface area (Å²) in [4.78, 5) is 5.29. The highest BCUT2D eigenvalue weighted by Gasteiger charge is 2.30. The molecule has 8 aromatic carbocycles. The van der Waals surface area contributed by atoms with Crippen LogP contribution < -0.4 is 15.9 Å². The quantitative estimate of drug-likeness (QED) is 0.104.